The van der Waals surface area contributed by atoms with Gasteiger partial charge in [-0.3, -0.25) is 4.68 Å². The number of aromatic nitrogens is 3. The van der Waals surface area contributed by atoms with E-state index in [1.54, 1.807) is 23.1 Å². The molecule has 0 aliphatic heterocycles. The highest BCUT2D eigenvalue weighted by Gasteiger charge is 1.93. The molecule has 1 N–H and O–H groups in total. The summed E-state index contributed by atoms with van der Waals surface area (Å²) in [6.07, 6.45) is 3.16. The minimum atomic E-state index is -0.225. The summed E-state index contributed by atoms with van der Waals surface area (Å²) >= 11 is 0. The lowest BCUT2D eigenvalue weighted by Crippen LogP contribution is -2.10. The Morgan fingerprint density at radius 1 is 1.27 bits per heavy atom. The summed E-state index contributed by atoms with van der Waals surface area (Å²) < 4.78 is 14.3. The Balaban J connectivity index is 1.81. The van der Waals surface area contributed by atoms with Crippen LogP contribution in [0.25, 0.3) is 0 Å². The van der Waals surface area contributed by atoms with Crippen molar-refractivity contribution in [3.05, 3.63) is 42.7 Å². The topological polar surface area (TPSA) is 42.7 Å². The van der Waals surface area contributed by atoms with E-state index in [0.29, 0.717) is 0 Å². The van der Waals surface area contributed by atoms with Gasteiger partial charge in [-0.15, -0.1) is 0 Å². The van der Waals surface area contributed by atoms with Gasteiger partial charge in [0.15, 0.2) is 0 Å². The standard InChI is InChI=1S/C10H11FN4/c11-9-1-3-10(4-2-9)13-5-6-15-8-12-7-14-15/h1-4,7-8,13H,5-6H2. The van der Waals surface area contributed by atoms with Gasteiger partial charge in [0.1, 0.15) is 18.5 Å². The third-order valence-corrected chi connectivity index (χ3v) is 1.98. The summed E-state index contributed by atoms with van der Waals surface area (Å²) in [6.45, 7) is 1.46. The molecular weight excluding hydrogens is 195 g/mol. The third-order valence-electron chi connectivity index (χ3n) is 1.98. The molecule has 1 aromatic carbocycles. The fraction of sp³-hybridized carbons (Fsp3) is 0.200. The van der Waals surface area contributed by atoms with Crippen LogP contribution in [-0.2, 0) is 6.54 Å². The van der Waals surface area contributed by atoms with Gasteiger partial charge in [-0.2, -0.15) is 5.10 Å². The SMILES string of the molecule is Fc1ccc(NCCn2cncn2)cc1. The molecule has 0 fully saturated rings. The molecule has 0 radical (unpaired) electrons. The van der Waals surface area contributed by atoms with Crippen LogP contribution in [0.3, 0.4) is 0 Å². The zero-order chi connectivity index (χ0) is 10.5. The van der Waals surface area contributed by atoms with Crippen LogP contribution >= 0.6 is 0 Å². The number of nitrogens with zero attached hydrogens (tertiary/aromatic N) is 3. The average Bonchev–Trinajstić information content (AvgIpc) is 2.74. The maximum atomic E-state index is 12.6. The van der Waals surface area contributed by atoms with E-state index < -0.39 is 0 Å². The molecule has 2 aromatic rings. The van der Waals surface area contributed by atoms with Crippen LogP contribution in [0.15, 0.2) is 36.9 Å². The van der Waals surface area contributed by atoms with Gasteiger partial charge in [0.25, 0.3) is 0 Å². The number of halogens is 1. The minimum absolute atomic E-state index is 0.225. The Hall–Kier alpha value is -1.91. The second kappa shape index (κ2) is 4.54. The molecule has 0 amide bonds. The van der Waals surface area contributed by atoms with Crippen molar-refractivity contribution in [2.45, 2.75) is 6.54 Å². The van der Waals surface area contributed by atoms with E-state index in [1.165, 1.54) is 18.5 Å². The van der Waals surface area contributed by atoms with Crippen molar-refractivity contribution in [3.63, 3.8) is 0 Å². The van der Waals surface area contributed by atoms with Crippen LogP contribution in [0.2, 0.25) is 0 Å². The maximum absolute atomic E-state index is 12.6. The van der Waals surface area contributed by atoms with Gasteiger partial charge >= 0.3 is 0 Å². The minimum Gasteiger partial charge on any atom is -0.383 e. The Morgan fingerprint density at radius 2 is 2.07 bits per heavy atom. The van der Waals surface area contributed by atoms with Crippen molar-refractivity contribution in [2.24, 2.45) is 0 Å². The Bertz CT molecular complexity index is 396. The number of rotatable bonds is 4. The van der Waals surface area contributed by atoms with E-state index in [2.05, 4.69) is 15.4 Å². The van der Waals surface area contributed by atoms with E-state index in [-0.39, 0.29) is 5.82 Å². The van der Waals surface area contributed by atoms with Crippen LogP contribution in [0.4, 0.5) is 10.1 Å². The number of benzene rings is 1. The molecule has 0 atom stereocenters. The quantitative estimate of drug-likeness (QED) is 0.824. The highest BCUT2D eigenvalue weighted by Crippen LogP contribution is 2.07. The second-order valence-corrected chi connectivity index (χ2v) is 3.09. The molecule has 0 spiro atoms. The summed E-state index contributed by atoms with van der Waals surface area (Å²) in [4.78, 5) is 3.83. The molecule has 0 bridgehead atoms. The molecule has 0 unspecified atom stereocenters. The normalized spacial score (nSPS) is 10.2. The van der Waals surface area contributed by atoms with Crippen molar-refractivity contribution in [1.29, 1.82) is 0 Å². The van der Waals surface area contributed by atoms with E-state index in [4.69, 9.17) is 0 Å². The first kappa shape index (κ1) is 9.64. The maximum Gasteiger partial charge on any atom is 0.137 e. The Kier molecular flexibility index (Phi) is 2.92. The Morgan fingerprint density at radius 3 is 2.73 bits per heavy atom. The van der Waals surface area contributed by atoms with Crippen molar-refractivity contribution < 1.29 is 4.39 Å². The second-order valence-electron chi connectivity index (χ2n) is 3.09. The smallest absolute Gasteiger partial charge is 0.137 e. The molecule has 78 valence electrons. The molecule has 2 rings (SSSR count). The lowest BCUT2D eigenvalue weighted by molar-refractivity contribution is 0.626. The van der Waals surface area contributed by atoms with Crippen LogP contribution in [-0.4, -0.2) is 21.3 Å². The molecule has 1 heterocycles. The summed E-state index contributed by atoms with van der Waals surface area (Å²) in [7, 11) is 0. The summed E-state index contributed by atoms with van der Waals surface area (Å²) in [5, 5.41) is 7.12. The number of hydrogen-bond acceptors (Lipinski definition) is 3. The summed E-state index contributed by atoms with van der Waals surface area (Å²) in [5.41, 5.74) is 0.900. The molecule has 5 heteroatoms. The lowest BCUT2D eigenvalue weighted by Gasteiger charge is -2.05. The molecule has 4 nitrogen and oxygen atoms in total. The van der Waals surface area contributed by atoms with E-state index in [0.717, 1.165) is 18.8 Å². The monoisotopic (exact) mass is 206 g/mol. The highest BCUT2D eigenvalue weighted by molar-refractivity contribution is 5.42. The van der Waals surface area contributed by atoms with Gasteiger partial charge in [-0.25, -0.2) is 9.37 Å². The first-order valence-corrected chi connectivity index (χ1v) is 4.66. The number of anilines is 1. The van der Waals surface area contributed by atoms with Crippen molar-refractivity contribution in [2.75, 3.05) is 11.9 Å². The Labute approximate surface area is 86.8 Å². The highest BCUT2D eigenvalue weighted by atomic mass is 19.1. The lowest BCUT2D eigenvalue weighted by atomic mass is 10.3. The average molecular weight is 206 g/mol. The van der Waals surface area contributed by atoms with E-state index >= 15 is 0 Å². The van der Waals surface area contributed by atoms with E-state index in [1.807, 2.05) is 0 Å². The zero-order valence-electron chi connectivity index (χ0n) is 8.10. The van der Waals surface area contributed by atoms with Crippen LogP contribution < -0.4 is 5.32 Å². The first-order chi connectivity index (χ1) is 7.34. The largest absolute Gasteiger partial charge is 0.383 e. The summed E-state index contributed by atoms with van der Waals surface area (Å²) in [6, 6.07) is 6.27. The van der Waals surface area contributed by atoms with Crippen LogP contribution in [0.1, 0.15) is 0 Å². The number of nitrogens with one attached hydrogen (secondary N) is 1. The number of hydrogen-bond donors (Lipinski definition) is 1. The molecule has 0 aliphatic rings. The van der Waals surface area contributed by atoms with Crippen LogP contribution in [0, 0.1) is 5.82 Å². The molecule has 15 heavy (non-hydrogen) atoms. The molecule has 0 aliphatic carbocycles. The fourth-order valence-corrected chi connectivity index (χ4v) is 1.23. The van der Waals surface area contributed by atoms with Gasteiger partial charge in [0.2, 0.25) is 0 Å². The van der Waals surface area contributed by atoms with Crippen molar-refractivity contribution in [1.82, 2.24) is 14.8 Å². The molecule has 1 aromatic heterocycles. The van der Waals surface area contributed by atoms with Gasteiger partial charge in [0.05, 0.1) is 6.54 Å². The van der Waals surface area contributed by atoms with Gasteiger partial charge < -0.3 is 5.32 Å². The van der Waals surface area contributed by atoms with Gasteiger partial charge in [0, 0.05) is 12.2 Å². The van der Waals surface area contributed by atoms with Crippen molar-refractivity contribution >= 4 is 5.69 Å². The first-order valence-electron chi connectivity index (χ1n) is 4.66. The summed E-state index contributed by atoms with van der Waals surface area (Å²) in [5.74, 6) is -0.225. The van der Waals surface area contributed by atoms with Gasteiger partial charge in [-0.1, -0.05) is 0 Å². The van der Waals surface area contributed by atoms with Gasteiger partial charge in [-0.05, 0) is 24.3 Å². The molecule has 0 saturated heterocycles. The predicted octanol–water partition coefficient (Wildman–Crippen LogP) is 1.53. The molecule has 0 saturated carbocycles. The van der Waals surface area contributed by atoms with Crippen LogP contribution in [0.5, 0.6) is 0 Å². The third kappa shape index (κ3) is 2.77. The fourth-order valence-electron chi connectivity index (χ4n) is 1.23. The zero-order valence-corrected chi connectivity index (χ0v) is 8.10. The predicted molar refractivity (Wildman–Crippen MR) is 54.9 cm³/mol. The van der Waals surface area contributed by atoms with Crippen molar-refractivity contribution in [3.8, 4) is 0 Å². The molecular formula is C10H11FN4. The van der Waals surface area contributed by atoms with E-state index in [9.17, 15) is 4.39 Å².